The minimum atomic E-state index is -0.287. The molecule has 3 rings (SSSR count). The molecule has 7 heteroatoms. The first kappa shape index (κ1) is 18.3. The van der Waals surface area contributed by atoms with E-state index in [0.29, 0.717) is 35.9 Å². The van der Waals surface area contributed by atoms with E-state index in [0.717, 1.165) is 10.6 Å². The van der Waals surface area contributed by atoms with Crippen molar-refractivity contribution in [1.29, 1.82) is 0 Å². The maximum Gasteiger partial charge on any atom is 0.259 e. The lowest BCUT2D eigenvalue weighted by atomic mass is 10.2. The van der Waals surface area contributed by atoms with Crippen molar-refractivity contribution < 1.29 is 9.18 Å². The van der Waals surface area contributed by atoms with Gasteiger partial charge in [0.2, 0.25) is 0 Å². The summed E-state index contributed by atoms with van der Waals surface area (Å²) in [5.74, 6) is -0.350. The molecule has 0 amide bonds. The van der Waals surface area contributed by atoms with E-state index in [1.807, 2.05) is 18.7 Å². The number of anilines is 1. The van der Waals surface area contributed by atoms with Gasteiger partial charge in [0, 0.05) is 29.6 Å². The Labute approximate surface area is 154 Å². The zero-order valence-electron chi connectivity index (χ0n) is 15.0. The molecule has 0 aliphatic carbocycles. The van der Waals surface area contributed by atoms with Gasteiger partial charge in [-0.2, -0.15) is 0 Å². The highest BCUT2D eigenvalue weighted by Gasteiger charge is 2.18. The molecule has 1 aromatic carbocycles. The van der Waals surface area contributed by atoms with Gasteiger partial charge in [-0.1, -0.05) is 6.92 Å². The average Bonchev–Trinajstić information content (AvgIpc) is 2.96. The third-order valence-electron chi connectivity index (χ3n) is 4.25. The smallest absolute Gasteiger partial charge is 0.259 e. The third-order valence-corrected chi connectivity index (χ3v) is 5.21. The summed E-state index contributed by atoms with van der Waals surface area (Å²) in [5.41, 5.74) is 1.67. The predicted molar refractivity (Wildman–Crippen MR) is 102 cm³/mol. The number of fused-ring (bicyclic) bond motifs is 1. The van der Waals surface area contributed by atoms with Crippen molar-refractivity contribution in [3.05, 3.63) is 62.8 Å². The van der Waals surface area contributed by atoms with Gasteiger partial charge in [-0.05, 0) is 38.1 Å². The first-order valence-electron chi connectivity index (χ1n) is 8.50. The van der Waals surface area contributed by atoms with Gasteiger partial charge in [0.15, 0.2) is 10.7 Å². The summed E-state index contributed by atoms with van der Waals surface area (Å²) in [6.07, 6.45) is 0.342. The number of benzene rings is 1. The Bertz CT molecular complexity index is 1010. The number of aryl methyl sites for hydroxylation is 1. The molecule has 0 aliphatic rings. The highest BCUT2D eigenvalue weighted by atomic mass is 32.1. The Balaban J connectivity index is 2.00. The van der Waals surface area contributed by atoms with E-state index in [4.69, 9.17) is 0 Å². The minimum Gasteiger partial charge on any atom is -0.366 e. The number of hydrogen-bond donors (Lipinski definition) is 0. The van der Waals surface area contributed by atoms with Gasteiger partial charge >= 0.3 is 0 Å². The molecule has 0 atom stereocenters. The molecule has 3 aromatic rings. The fourth-order valence-corrected chi connectivity index (χ4v) is 3.94. The van der Waals surface area contributed by atoms with Crippen molar-refractivity contribution >= 4 is 27.8 Å². The van der Waals surface area contributed by atoms with Crippen LogP contribution in [-0.2, 0) is 6.54 Å². The molecule has 2 heterocycles. The summed E-state index contributed by atoms with van der Waals surface area (Å²) in [5, 5.41) is 0. The first-order valence-corrected chi connectivity index (χ1v) is 9.32. The van der Waals surface area contributed by atoms with Crippen LogP contribution in [0.3, 0.4) is 0 Å². The van der Waals surface area contributed by atoms with E-state index in [2.05, 4.69) is 4.98 Å². The van der Waals surface area contributed by atoms with Crippen LogP contribution in [0, 0.1) is 12.7 Å². The SMILES string of the molecule is CCC(=O)c1c(C)sc2nc(CN(CC)c3ccc(F)cc3)cc(=O)n12. The second kappa shape index (κ2) is 7.37. The second-order valence-electron chi connectivity index (χ2n) is 5.98. The zero-order chi connectivity index (χ0) is 18.8. The van der Waals surface area contributed by atoms with Crippen LogP contribution < -0.4 is 10.5 Å². The summed E-state index contributed by atoms with van der Waals surface area (Å²) in [6, 6.07) is 7.70. The molecule has 0 saturated heterocycles. The molecule has 136 valence electrons. The number of rotatable bonds is 6. The van der Waals surface area contributed by atoms with E-state index in [9.17, 15) is 14.0 Å². The molecule has 0 aliphatic heterocycles. The van der Waals surface area contributed by atoms with E-state index < -0.39 is 0 Å². The van der Waals surface area contributed by atoms with Crippen LogP contribution in [-0.4, -0.2) is 21.7 Å². The van der Waals surface area contributed by atoms with Crippen LogP contribution in [0.1, 0.15) is 41.3 Å². The molecule has 0 spiro atoms. The van der Waals surface area contributed by atoms with Gasteiger partial charge in [-0.25, -0.2) is 13.8 Å². The highest BCUT2D eigenvalue weighted by molar-refractivity contribution is 7.17. The average molecular weight is 373 g/mol. The fraction of sp³-hybridized carbons (Fsp3) is 0.316. The van der Waals surface area contributed by atoms with Crippen LogP contribution in [0.15, 0.2) is 35.1 Å². The van der Waals surface area contributed by atoms with Gasteiger partial charge in [-0.15, -0.1) is 11.3 Å². The lowest BCUT2D eigenvalue weighted by Gasteiger charge is -2.22. The van der Waals surface area contributed by atoms with E-state index in [-0.39, 0.29) is 17.2 Å². The second-order valence-corrected chi connectivity index (χ2v) is 7.16. The zero-order valence-corrected chi connectivity index (χ0v) is 15.8. The van der Waals surface area contributed by atoms with Crippen LogP contribution in [0.2, 0.25) is 0 Å². The van der Waals surface area contributed by atoms with Crippen LogP contribution in [0.4, 0.5) is 10.1 Å². The monoisotopic (exact) mass is 373 g/mol. The van der Waals surface area contributed by atoms with Crippen molar-refractivity contribution in [3.63, 3.8) is 0 Å². The number of thiazole rings is 1. The van der Waals surface area contributed by atoms with Crippen molar-refractivity contribution in [2.75, 3.05) is 11.4 Å². The molecular weight excluding hydrogens is 353 g/mol. The molecule has 0 fully saturated rings. The Morgan fingerprint density at radius 2 is 1.96 bits per heavy atom. The van der Waals surface area contributed by atoms with Crippen molar-refractivity contribution in [1.82, 2.24) is 9.38 Å². The number of Topliss-reactive ketones (excluding diaryl/α,β-unsaturated/α-hetero) is 1. The summed E-state index contributed by atoms with van der Waals surface area (Å²) < 4.78 is 14.5. The molecule has 5 nitrogen and oxygen atoms in total. The highest BCUT2D eigenvalue weighted by Crippen LogP contribution is 2.22. The predicted octanol–water partition coefficient (Wildman–Crippen LogP) is 3.82. The first-order chi connectivity index (χ1) is 12.4. The topological polar surface area (TPSA) is 54.7 Å². The van der Waals surface area contributed by atoms with Crippen LogP contribution in [0.25, 0.3) is 4.96 Å². The summed E-state index contributed by atoms with van der Waals surface area (Å²) in [4.78, 5) is 32.7. The van der Waals surface area contributed by atoms with Gasteiger partial charge < -0.3 is 4.90 Å². The molecule has 0 N–H and O–H groups in total. The number of carbonyl (C=O) groups excluding carboxylic acids is 1. The quantitative estimate of drug-likeness (QED) is 0.617. The third kappa shape index (κ3) is 3.39. The number of ketones is 1. The summed E-state index contributed by atoms with van der Waals surface area (Å²) >= 11 is 1.35. The van der Waals surface area contributed by atoms with Gasteiger partial charge in [0.05, 0.1) is 12.2 Å². The molecule has 0 saturated carbocycles. The van der Waals surface area contributed by atoms with Crippen LogP contribution in [0.5, 0.6) is 0 Å². The van der Waals surface area contributed by atoms with E-state index in [1.54, 1.807) is 19.1 Å². The number of carbonyl (C=O) groups is 1. The Hall–Kier alpha value is -2.54. The van der Waals surface area contributed by atoms with Gasteiger partial charge in [0.1, 0.15) is 11.5 Å². The standard InChI is InChI=1S/C19H20FN3O2S/c1-4-16(24)18-12(3)26-19-21-14(10-17(25)23(18)19)11-22(5-2)15-8-6-13(20)7-9-15/h6-10H,4-5,11H2,1-3H3. The molecule has 0 bridgehead atoms. The molecule has 0 radical (unpaired) electrons. The molecule has 2 aromatic heterocycles. The summed E-state index contributed by atoms with van der Waals surface area (Å²) in [6.45, 7) is 6.72. The number of hydrogen-bond acceptors (Lipinski definition) is 5. The molecule has 26 heavy (non-hydrogen) atoms. The van der Waals surface area contributed by atoms with Crippen LogP contribution >= 0.6 is 11.3 Å². The van der Waals surface area contributed by atoms with Crippen molar-refractivity contribution in [2.24, 2.45) is 0 Å². The number of aromatic nitrogens is 2. The van der Waals surface area contributed by atoms with E-state index in [1.165, 1.54) is 33.9 Å². The van der Waals surface area contributed by atoms with Gasteiger partial charge in [-0.3, -0.25) is 9.59 Å². The number of halogens is 1. The number of nitrogens with zero attached hydrogens (tertiary/aromatic N) is 3. The lowest BCUT2D eigenvalue weighted by Crippen LogP contribution is -2.25. The van der Waals surface area contributed by atoms with Crippen molar-refractivity contribution in [2.45, 2.75) is 33.7 Å². The Morgan fingerprint density at radius 3 is 2.58 bits per heavy atom. The maximum absolute atomic E-state index is 13.1. The summed E-state index contributed by atoms with van der Waals surface area (Å²) in [7, 11) is 0. The lowest BCUT2D eigenvalue weighted by molar-refractivity contribution is 0.0982. The normalized spacial score (nSPS) is 11.1. The maximum atomic E-state index is 13.1. The Kier molecular flexibility index (Phi) is 5.18. The largest absolute Gasteiger partial charge is 0.366 e. The Morgan fingerprint density at radius 1 is 1.27 bits per heavy atom. The van der Waals surface area contributed by atoms with Crippen molar-refractivity contribution in [3.8, 4) is 0 Å². The molecule has 0 unspecified atom stereocenters. The van der Waals surface area contributed by atoms with Gasteiger partial charge in [0.25, 0.3) is 5.56 Å². The van der Waals surface area contributed by atoms with E-state index >= 15 is 0 Å². The fourth-order valence-electron chi connectivity index (χ4n) is 2.93. The minimum absolute atomic E-state index is 0.0631. The molecular formula is C19H20FN3O2S.